The van der Waals surface area contributed by atoms with E-state index in [0.29, 0.717) is 89.7 Å². The van der Waals surface area contributed by atoms with Crippen LogP contribution in [0, 0.1) is 0 Å². The van der Waals surface area contributed by atoms with Gasteiger partial charge in [0.25, 0.3) is 5.91 Å². The van der Waals surface area contributed by atoms with Crippen LogP contribution in [0.3, 0.4) is 0 Å². The number of aliphatic hydroxyl groups is 2. The number of carbonyl (C=O) groups is 10. The number of aromatic nitrogens is 2. The Morgan fingerprint density at radius 2 is 1.18 bits per heavy atom. The number of guanidine groups is 1. The number of aromatic amines is 1. The van der Waals surface area contributed by atoms with Crippen LogP contribution in [0.2, 0.25) is 0 Å². The molecule has 90 heavy (non-hydrogen) atoms. The van der Waals surface area contributed by atoms with Crippen LogP contribution in [0.5, 0.6) is 0 Å². The summed E-state index contributed by atoms with van der Waals surface area (Å²) in [5, 5.41) is 44.6. The van der Waals surface area contributed by atoms with Crippen LogP contribution < -0.4 is 105 Å². The predicted octanol–water partition coefficient (Wildman–Crippen LogP) is -9.03. The van der Waals surface area contributed by atoms with Gasteiger partial charge in [-0.3, -0.25) is 52.9 Å². The van der Waals surface area contributed by atoms with E-state index in [0.717, 1.165) is 0 Å². The highest BCUT2D eigenvalue weighted by Crippen LogP contribution is 2.21. The van der Waals surface area contributed by atoms with Crippen molar-refractivity contribution in [1.82, 2.24) is 62.7 Å². The standard InChI is InChI=1S/C55H103N23O12/c1-32(70-52(88)43(41(79)28-61)77-53(89)44(42(80)29-62)76-46(82)34(63)13-2-5-19-56)45(81)74-38(16-10-23-60)54(90)78-26-12-18-40(78)51(87)75-39(27-33-30-66-31-69-33)50(86)73-36(15-4-7-21-58)48(84)72-37(17-11-25-68-55(64)65)49(85)71-35(14-3-6-20-57)47(83)67-24-9-8-22-59/h17,30-32,34-36,38-44,79-80H,2-16,18-29,56-63H2,1H3,(H,66,69)(H,67,83)(H,70,88)(H,71,85)(H,72,84)(H,73,86)(H,74,81)(H,75,87)(H,76,82)(H,77,89)(H4,64,65,68)/b37-17-/t32-,34-,35-,36-,38+,39-,40-,41-,42-,43-,44-/m0/s1. The molecule has 0 saturated carbocycles. The summed E-state index contributed by atoms with van der Waals surface area (Å²) in [6.45, 7) is 1.99. The summed E-state index contributed by atoms with van der Waals surface area (Å²) >= 11 is 0. The number of imidazole rings is 1. The van der Waals surface area contributed by atoms with Gasteiger partial charge < -0.3 is 125 Å². The summed E-state index contributed by atoms with van der Waals surface area (Å²) in [5.74, 6) is -8.63. The van der Waals surface area contributed by atoms with Crippen molar-refractivity contribution < 1.29 is 58.2 Å². The van der Waals surface area contributed by atoms with Gasteiger partial charge in [-0.05, 0) is 136 Å². The summed E-state index contributed by atoms with van der Waals surface area (Å²) in [6.07, 6.45) is 5.81. The summed E-state index contributed by atoms with van der Waals surface area (Å²) < 4.78 is 0. The Bertz CT molecular complexity index is 2450. The lowest BCUT2D eigenvalue weighted by atomic mass is 10.0. The normalized spacial score (nSPS) is 16.5. The van der Waals surface area contributed by atoms with E-state index in [9.17, 15) is 58.2 Å². The lowest BCUT2D eigenvalue weighted by molar-refractivity contribution is -0.142. The molecule has 32 N–H and O–H groups in total. The molecule has 0 radical (unpaired) electrons. The molecule has 1 aliphatic rings. The maximum atomic E-state index is 14.5. The average Bonchev–Trinajstić information content (AvgIpc) is 3.61. The first-order valence-corrected chi connectivity index (χ1v) is 30.8. The Morgan fingerprint density at radius 1 is 0.633 bits per heavy atom. The van der Waals surface area contributed by atoms with Gasteiger partial charge in [0, 0.05) is 51.0 Å². The molecule has 2 heterocycles. The number of nitrogens with zero attached hydrogens (tertiary/aromatic N) is 3. The van der Waals surface area contributed by atoms with Crippen LogP contribution in [0.4, 0.5) is 0 Å². The second-order valence-electron chi connectivity index (χ2n) is 21.9. The summed E-state index contributed by atoms with van der Waals surface area (Å²) in [7, 11) is 0. The van der Waals surface area contributed by atoms with Crippen LogP contribution in [-0.2, 0) is 54.4 Å². The Kier molecular flexibility index (Phi) is 38.5. The van der Waals surface area contributed by atoms with Crippen LogP contribution in [-0.4, -0.2) is 222 Å². The lowest BCUT2D eigenvalue weighted by Gasteiger charge is -2.31. The number of hydrogen-bond donors (Lipinski definition) is 22. The number of carbonyl (C=O) groups excluding carboxylic acids is 10. The van der Waals surface area contributed by atoms with Crippen molar-refractivity contribution in [2.45, 2.75) is 183 Å². The largest absolute Gasteiger partial charge is 0.389 e. The Balaban J connectivity index is 2.42. The third kappa shape index (κ3) is 28.6. The number of aliphatic hydroxyl groups excluding tert-OH is 2. The van der Waals surface area contributed by atoms with Crippen molar-refractivity contribution in [1.29, 1.82) is 0 Å². The van der Waals surface area contributed by atoms with Crippen molar-refractivity contribution in [3.8, 4) is 0 Å². The summed E-state index contributed by atoms with van der Waals surface area (Å²) in [4.78, 5) is 152. The van der Waals surface area contributed by atoms with Gasteiger partial charge in [0.2, 0.25) is 53.2 Å². The molecule has 1 saturated heterocycles. The molecule has 0 spiro atoms. The van der Waals surface area contributed by atoms with E-state index >= 15 is 0 Å². The van der Waals surface area contributed by atoms with Gasteiger partial charge in [0.1, 0.15) is 54.0 Å². The number of H-pyrrole nitrogens is 1. The zero-order chi connectivity index (χ0) is 67.1. The van der Waals surface area contributed by atoms with E-state index in [4.69, 9.17) is 57.3 Å². The van der Waals surface area contributed by atoms with Gasteiger partial charge in [-0.2, -0.15) is 0 Å². The van der Waals surface area contributed by atoms with Gasteiger partial charge in [0.15, 0.2) is 5.96 Å². The summed E-state index contributed by atoms with van der Waals surface area (Å²) in [5.41, 5.74) is 57.0. The molecule has 35 nitrogen and oxygen atoms in total. The van der Waals surface area contributed by atoms with Crippen molar-refractivity contribution in [2.24, 2.45) is 62.3 Å². The maximum absolute atomic E-state index is 14.5. The number of hydrogen-bond acceptors (Lipinski definition) is 22. The van der Waals surface area contributed by atoms with Gasteiger partial charge in [-0.25, -0.2) is 4.98 Å². The molecule has 10 amide bonds. The molecule has 0 bridgehead atoms. The van der Waals surface area contributed by atoms with E-state index in [1.54, 1.807) is 0 Å². The Hall–Kier alpha value is -7.48. The fourth-order valence-electron chi connectivity index (χ4n) is 9.39. The highest BCUT2D eigenvalue weighted by atomic mass is 16.3. The number of amides is 10. The van der Waals surface area contributed by atoms with Crippen molar-refractivity contribution in [3.63, 3.8) is 0 Å². The van der Waals surface area contributed by atoms with E-state index < -0.39 is 139 Å². The van der Waals surface area contributed by atoms with Gasteiger partial charge in [-0.1, -0.05) is 12.5 Å². The molecule has 1 aromatic rings. The van der Waals surface area contributed by atoms with Crippen molar-refractivity contribution in [2.75, 3.05) is 65.4 Å². The third-order valence-corrected chi connectivity index (χ3v) is 14.6. The Morgan fingerprint density at radius 3 is 1.74 bits per heavy atom. The molecule has 1 aliphatic heterocycles. The first-order valence-electron chi connectivity index (χ1n) is 30.8. The molecule has 0 aromatic carbocycles. The zero-order valence-electron chi connectivity index (χ0n) is 51.8. The Labute approximate surface area is 524 Å². The van der Waals surface area contributed by atoms with Crippen LogP contribution in [0.15, 0.2) is 29.3 Å². The SMILES string of the molecule is C[C@H](NC(=O)[C@@H](NC(=O)[C@@H](NC(=O)[C@@H](N)CCCCN)[C@@H](O)CN)[C@@H](O)CN)C(=O)N[C@H](CCCN)C(=O)N1CCC[C@H]1C(=O)N[C@@H](Cc1cnc[nH]1)C(=O)N[C@@H](CCCCN)C(=O)N/C(=C\CCN=C(N)N)C(=O)N[C@@H](CCCCN)C(=O)NCCCCN. The number of unbranched alkanes of at least 4 members (excludes halogenated alkanes) is 4. The van der Waals surface area contributed by atoms with Crippen LogP contribution in [0.25, 0.3) is 0 Å². The number of nitrogens with one attached hydrogen (secondary N) is 10. The molecular formula is C55H103N23O12. The molecule has 2 rings (SSSR count). The minimum atomic E-state index is -1.85. The van der Waals surface area contributed by atoms with E-state index in [1.807, 2.05) is 0 Å². The van der Waals surface area contributed by atoms with Crippen LogP contribution >= 0.6 is 0 Å². The predicted molar refractivity (Wildman–Crippen MR) is 334 cm³/mol. The van der Waals surface area contributed by atoms with Crippen LogP contribution in [0.1, 0.15) is 115 Å². The topological polar surface area (TPSA) is 624 Å². The van der Waals surface area contributed by atoms with E-state index in [2.05, 4.69) is 62.8 Å². The zero-order valence-corrected chi connectivity index (χ0v) is 51.8. The third-order valence-electron chi connectivity index (χ3n) is 14.6. The first-order chi connectivity index (χ1) is 43.0. The minimum absolute atomic E-state index is 0.0134. The average molecular weight is 1280 g/mol. The monoisotopic (exact) mass is 1280 g/mol. The quantitative estimate of drug-likeness (QED) is 0.0125. The second kappa shape index (κ2) is 44.1. The highest BCUT2D eigenvalue weighted by molar-refractivity contribution is 6.02. The minimum Gasteiger partial charge on any atom is -0.389 e. The highest BCUT2D eigenvalue weighted by Gasteiger charge is 2.41. The van der Waals surface area contributed by atoms with Gasteiger partial charge >= 0.3 is 0 Å². The molecule has 1 aromatic heterocycles. The molecular weight excluding hydrogens is 1170 g/mol. The van der Waals surface area contributed by atoms with Crippen molar-refractivity contribution >= 4 is 65.0 Å². The molecule has 1 fully saturated rings. The molecule has 0 unspecified atom stereocenters. The number of likely N-dealkylation sites (tertiary alicyclic amines) is 1. The molecule has 0 aliphatic carbocycles. The van der Waals surface area contributed by atoms with E-state index in [-0.39, 0.29) is 89.2 Å². The maximum Gasteiger partial charge on any atom is 0.268 e. The fraction of sp³-hybridized carbons (Fsp3) is 0.709. The molecule has 11 atom stereocenters. The van der Waals surface area contributed by atoms with Gasteiger partial charge in [-0.15, -0.1) is 0 Å². The van der Waals surface area contributed by atoms with Crippen molar-refractivity contribution in [3.05, 3.63) is 30.0 Å². The number of nitrogens with two attached hydrogens (primary N) is 10. The number of rotatable bonds is 46. The van der Waals surface area contributed by atoms with E-state index in [1.165, 1.54) is 30.4 Å². The fourth-order valence-corrected chi connectivity index (χ4v) is 9.39. The molecule has 510 valence electrons. The number of aliphatic imine (C=N–C) groups is 1. The summed E-state index contributed by atoms with van der Waals surface area (Å²) in [6, 6.07) is -12.4. The van der Waals surface area contributed by atoms with Gasteiger partial charge in [0.05, 0.1) is 24.6 Å². The molecule has 35 heteroatoms. The smallest absolute Gasteiger partial charge is 0.268 e. The first kappa shape index (κ1) is 78.6. The second-order valence-corrected chi connectivity index (χ2v) is 21.9. The lowest BCUT2D eigenvalue weighted by Crippen LogP contribution is -2.64.